The first-order chi connectivity index (χ1) is 10.2. The topological polar surface area (TPSA) is 50.3 Å². The van der Waals surface area contributed by atoms with E-state index in [0.29, 0.717) is 11.1 Å². The number of aromatic nitrogens is 1. The van der Waals surface area contributed by atoms with Gasteiger partial charge in [0.05, 0.1) is 17.2 Å². The Balaban J connectivity index is 1.80. The highest BCUT2D eigenvalue weighted by Gasteiger charge is 2.42. The summed E-state index contributed by atoms with van der Waals surface area (Å²) in [6, 6.07) is 8.90. The molecule has 2 heterocycles. The molecule has 21 heavy (non-hydrogen) atoms. The quantitative estimate of drug-likeness (QED) is 0.754. The maximum Gasteiger partial charge on any atom is 0.262 e. The van der Waals surface area contributed by atoms with Crippen LogP contribution in [0.15, 0.2) is 36.5 Å². The minimum atomic E-state index is -0.185. The van der Waals surface area contributed by atoms with Gasteiger partial charge in [-0.3, -0.25) is 19.5 Å². The molecule has 0 N–H and O–H groups in total. The molecule has 0 saturated heterocycles. The van der Waals surface area contributed by atoms with Crippen LogP contribution >= 0.6 is 0 Å². The minimum absolute atomic E-state index is 0.181. The fourth-order valence-corrected chi connectivity index (χ4v) is 3.31. The first kappa shape index (κ1) is 12.3. The first-order valence-corrected chi connectivity index (χ1v) is 7.09. The molecule has 4 rings (SSSR count). The summed E-state index contributed by atoms with van der Waals surface area (Å²) in [4.78, 5) is 31.0. The van der Waals surface area contributed by atoms with Gasteiger partial charge in [0, 0.05) is 11.9 Å². The van der Waals surface area contributed by atoms with E-state index in [1.54, 1.807) is 24.3 Å². The number of carbonyl (C=O) groups is 2. The van der Waals surface area contributed by atoms with Crippen molar-refractivity contribution in [2.24, 2.45) is 0 Å². The van der Waals surface area contributed by atoms with Gasteiger partial charge in [-0.05, 0) is 43.0 Å². The third-order valence-corrected chi connectivity index (χ3v) is 4.29. The van der Waals surface area contributed by atoms with Crippen molar-refractivity contribution in [3.8, 4) is 0 Å². The summed E-state index contributed by atoms with van der Waals surface area (Å²) in [6.45, 7) is 1.98. The van der Waals surface area contributed by atoms with Crippen LogP contribution < -0.4 is 0 Å². The predicted octanol–water partition coefficient (Wildman–Crippen LogP) is 2.67. The summed E-state index contributed by atoms with van der Waals surface area (Å²) in [7, 11) is 0. The molecule has 1 unspecified atom stereocenters. The Morgan fingerprint density at radius 2 is 1.81 bits per heavy atom. The molecule has 4 heteroatoms. The number of amides is 2. The summed E-state index contributed by atoms with van der Waals surface area (Å²) in [5.41, 5.74) is 4.09. The van der Waals surface area contributed by atoms with Gasteiger partial charge in [-0.1, -0.05) is 18.2 Å². The summed E-state index contributed by atoms with van der Waals surface area (Å²) in [6.07, 6.45) is 3.41. The third kappa shape index (κ3) is 1.65. The summed E-state index contributed by atoms with van der Waals surface area (Å²) in [5.74, 6) is -0.370. The SMILES string of the molecule is Cc1cnc2c(c1)C(N1C(=O)c3ccccc3C1=O)CC2. The number of fused-ring (bicyclic) bond motifs is 2. The van der Waals surface area contributed by atoms with E-state index in [2.05, 4.69) is 4.98 Å². The number of aryl methyl sites for hydroxylation is 2. The number of hydrogen-bond acceptors (Lipinski definition) is 3. The van der Waals surface area contributed by atoms with Gasteiger partial charge in [0.2, 0.25) is 0 Å². The molecule has 104 valence electrons. The van der Waals surface area contributed by atoms with Crippen molar-refractivity contribution in [1.82, 2.24) is 9.88 Å². The van der Waals surface area contributed by atoms with Crippen LogP contribution in [-0.2, 0) is 6.42 Å². The van der Waals surface area contributed by atoms with Crippen LogP contribution in [0.2, 0.25) is 0 Å². The average Bonchev–Trinajstić information content (AvgIpc) is 3.00. The molecule has 1 aromatic carbocycles. The van der Waals surface area contributed by atoms with E-state index in [0.717, 1.165) is 29.7 Å². The lowest BCUT2D eigenvalue weighted by Gasteiger charge is -2.22. The molecular weight excluding hydrogens is 264 g/mol. The molecule has 0 radical (unpaired) electrons. The number of nitrogens with zero attached hydrogens (tertiary/aromatic N) is 2. The van der Waals surface area contributed by atoms with E-state index in [1.165, 1.54) is 4.90 Å². The van der Waals surface area contributed by atoms with E-state index in [-0.39, 0.29) is 17.9 Å². The van der Waals surface area contributed by atoms with E-state index in [1.807, 2.05) is 19.2 Å². The molecule has 2 aliphatic rings. The fourth-order valence-electron chi connectivity index (χ4n) is 3.31. The lowest BCUT2D eigenvalue weighted by Crippen LogP contribution is -2.33. The Kier molecular flexibility index (Phi) is 2.48. The van der Waals surface area contributed by atoms with Crippen molar-refractivity contribution in [3.05, 3.63) is 64.5 Å². The van der Waals surface area contributed by atoms with Crippen LogP contribution in [0.4, 0.5) is 0 Å². The van der Waals surface area contributed by atoms with Crippen molar-refractivity contribution in [1.29, 1.82) is 0 Å². The Hall–Kier alpha value is -2.49. The molecular formula is C17H14N2O2. The molecule has 0 spiro atoms. The number of imide groups is 1. The number of pyridine rings is 1. The van der Waals surface area contributed by atoms with Crippen molar-refractivity contribution >= 4 is 11.8 Å². The first-order valence-electron chi connectivity index (χ1n) is 7.09. The zero-order valence-corrected chi connectivity index (χ0v) is 11.7. The number of hydrogen-bond donors (Lipinski definition) is 0. The molecule has 1 aliphatic heterocycles. The lowest BCUT2D eigenvalue weighted by molar-refractivity contribution is 0.0582. The molecule has 4 nitrogen and oxygen atoms in total. The van der Waals surface area contributed by atoms with Gasteiger partial charge in [0.15, 0.2) is 0 Å². The van der Waals surface area contributed by atoms with Crippen LogP contribution in [0.5, 0.6) is 0 Å². The predicted molar refractivity (Wildman–Crippen MR) is 77.0 cm³/mol. The van der Waals surface area contributed by atoms with E-state index >= 15 is 0 Å². The van der Waals surface area contributed by atoms with E-state index in [9.17, 15) is 9.59 Å². The number of rotatable bonds is 1. The van der Waals surface area contributed by atoms with Crippen molar-refractivity contribution in [2.45, 2.75) is 25.8 Å². The summed E-state index contributed by atoms with van der Waals surface area (Å²) in [5, 5.41) is 0. The van der Waals surface area contributed by atoms with Crippen LogP contribution in [0.25, 0.3) is 0 Å². The molecule has 1 aliphatic carbocycles. The molecule has 2 aromatic rings. The highest BCUT2D eigenvalue weighted by molar-refractivity contribution is 6.21. The van der Waals surface area contributed by atoms with Gasteiger partial charge in [0.25, 0.3) is 11.8 Å². The van der Waals surface area contributed by atoms with Crippen LogP contribution in [0.3, 0.4) is 0 Å². The van der Waals surface area contributed by atoms with Crippen LogP contribution in [0.1, 0.15) is 50.0 Å². The molecule has 1 atom stereocenters. The number of benzene rings is 1. The summed E-state index contributed by atoms with van der Waals surface area (Å²) < 4.78 is 0. The average molecular weight is 278 g/mol. The zero-order valence-electron chi connectivity index (χ0n) is 11.7. The Morgan fingerprint density at radius 1 is 1.14 bits per heavy atom. The van der Waals surface area contributed by atoms with Gasteiger partial charge >= 0.3 is 0 Å². The Bertz CT molecular complexity index is 747. The van der Waals surface area contributed by atoms with Gasteiger partial charge in [-0.2, -0.15) is 0 Å². The van der Waals surface area contributed by atoms with E-state index in [4.69, 9.17) is 0 Å². The normalized spacial score (nSPS) is 19.9. The van der Waals surface area contributed by atoms with Crippen molar-refractivity contribution in [3.63, 3.8) is 0 Å². The zero-order chi connectivity index (χ0) is 14.6. The standard InChI is InChI=1S/C17H14N2O2/c1-10-8-13-14(18-9-10)6-7-15(13)19-16(20)11-4-2-3-5-12(11)17(19)21/h2-5,8-9,15H,6-7H2,1H3. The summed E-state index contributed by atoms with van der Waals surface area (Å²) >= 11 is 0. The van der Waals surface area contributed by atoms with Gasteiger partial charge < -0.3 is 0 Å². The third-order valence-electron chi connectivity index (χ3n) is 4.29. The van der Waals surface area contributed by atoms with E-state index < -0.39 is 0 Å². The smallest absolute Gasteiger partial charge is 0.262 e. The maximum atomic E-state index is 12.6. The van der Waals surface area contributed by atoms with Crippen molar-refractivity contribution < 1.29 is 9.59 Å². The monoisotopic (exact) mass is 278 g/mol. The van der Waals surface area contributed by atoms with Gasteiger partial charge in [-0.25, -0.2) is 0 Å². The second-order valence-electron chi connectivity index (χ2n) is 5.63. The molecule has 0 saturated carbocycles. The molecule has 1 aromatic heterocycles. The highest BCUT2D eigenvalue weighted by Crippen LogP contribution is 2.39. The number of carbonyl (C=O) groups excluding carboxylic acids is 2. The Labute approximate surface area is 122 Å². The van der Waals surface area contributed by atoms with Crippen LogP contribution in [0, 0.1) is 6.92 Å². The lowest BCUT2D eigenvalue weighted by atomic mass is 10.1. The molecule has 2 amide bonds. The maximum absolute atomic E-state index is 12.6. The van der Waals surface area contributed by atoms with Crippen LogP contribution in [-0.4, -0.2) is 21.7 Å². The second-order valence-corrected chi connectivity index (χ2v) is 5.63. The second kappa shape index (κ2) is 4.25. The molecule has 0 fully saturated rings. The van der Waals surface area contributed by atoms with Gasteiger partial charge in [0.1, 0.15) is 0 Å². The highest BCUT2D eigenvalue weighted by atomic mass is 16.2. The largest absolute Gasteiger partial charge is 0.269 e. The van der Waals surface area contributed by atoms with Crippen molar-refractivity contribution in [2.75, 3.05) is 0 Å². The minimum Gasteiger partial charge on any atom is -0.269 e. The fraction of sp³-hybridized carbons (Fsp3) is 0.235. The Morgan fingerprint density at radius 3 is 2.48 bits per heavy atom. The van der Waals surface area contributed by atoms with Gasteiger partial charge in [-0.15, -0.1) is 0 Å². The molecule has 0 bridgehead atoms.